The zero-order valence-corrected chi connectivity index (χ0v) is 12.3. The summed E-state index contributed by atoms with van der Waals surface area (Å²) in [6.07, 6.45) is 1.96. The van der Waals surface area contributed by atoms with Crippen LogP contribution in [0.4, 0.5) is 10.1 Å². The Bertz CT molecular complexity index is 513. The smallest absolute Gasteiger partial charge is 0.224 e. The first-order valence-corrected chi connectivity index (χ1v) is 7.05. The molecule has 1 atom stereocenters. The summed E-state index contributed by atoms with van der Waals surface area (Å²) in [6.45, 7) is 6.11. The van der Waals surface area contributed by atoms with Crippen molar-refractivity contribution in [1.82, 2.24) is 0 Å². The molecule has 0 aliphatic carbocycles. The summed E-state index contributed by atoms with van der Waals surface area (Å²) in [5, 5.41) is 2.32. The van der Waals surface area contributed by atoms with E-state index in [0.717, 1.165) is 12.0 Å². The number of halogens is 2. The molecule has 0 aromatic heterocycles. The Balaban J connectivity index is 2.41. The van der Waals surface area contributed by atoms with Crippen LogP contribution >= 0.6 is 11.6 Å². The Hall–Kier alpha value is -1.09. The van der Waals surface area contributed by atoms with Crippen molar-refractivity contribution < 1.29 is 9.18 Å². The first-order valence-electron chi connectivity index (χ1n) is 6.61. The number of amides is 1. The monoisotopic (exact) mass is 283 g/mol. The summed E-state index contributed by atoms with van der Waals surface area (Å²) in [7, 11) is 0. The molecule has 2 rings (SSSR count). The van der Waals surface area contributed by atoms with Crippen LogP contribution in [0.1, 0.15) is 50.1 Å². The lowest BCUT2D eigenvalue weighted by Gasteiger charge is -2.30. The van der Waals surface area contributed by atoms with Crippen LogP contribution in [0, 0.1) is 11.2 Å². The van der Waals surface area contributed by atoms with Gasteiger partial charge in [-0.2, -0.15) is 0 Å². The van der Waals surface area contributed by atoms with Gasteiger partial charge in [0.1, 0.15) is 5.82 Å². The van der Waals surface area contributed by atoms with Crippen molar-refractivity contribution >= 4 is 23.2 Å². The van der Waals surface area contributed by atoms with Crippen molar-refractivity contribution in [2.75, 3.05) is 5.32 Å². The highest BCUT2D eigenvalue weighted by Gasteiger charge is 2.30. The van der Waals surface area contributed by atoms with Crippen LogP contribution in [-0.2, 0) is 11.2 Å². The highest BCUT2D eigenvalue weighted by atomic mass is 35.5. The van der Waals surface area contributed by atoms with Crippen LogP contribution in [-0.4, -0.2) is 5.91 Å². The molecule has 1 N–H and O–H groups in total. The summed E-state index contributed by atoms with van der Waals surface area (Å²) in [6, 6.07) is 3.20. The van der Waals surface area contributed by atoms with Crippen LogP contribution in [0.25, 0.3) is 0 Å². The molecule has 104 valence electrons. The van der Waals surface area contributed by atoms with Gasteiger partial charge < -0.3 is 5.32 Å². The first kappa shape index (κ1) is 14.3. The first-order chi connectivity index (χ1) is 8.85. The quantitative estimate of drug-likeness (QED) is 0.817. The molecule has 1 unspecified atom stereocenters. The average molecular weight is 284 g/mol. The summed E-state index contributed by atoms with van der Waals surface area (Å²) in [4.78, 5) is 11.3. The second-order valence-electron chi connectivity index (χ2n) is 5.78. The number of rotatable bonds is 3. The van der Waals surface area contributed by atoms with Crippen LogP contribution in [0.15, 0.2) is 12.1 Å². The molecule has 0 saturated carbocycles. The maximum absolute atomic E-state index is 14.2. The molecule has 19 heavy (non-hydrogen) atoms. The molecule has 2 nitrogen and oxygen atoms in total. The fourth-order valence-corrected chi connectivity index (χ4v) is 2.54. The van der Waals surface area contributed by atoms with Crippen LogP contribution in [0.2, 0.25) is 0 Å². The molecule has 1 heterocycles. The number of carbonyl (C=O) groups is 1. The van der Waals surface area contributed by atoms with Gasteiger partial charge >= 0.3 is 0 Å². The van der Waals surface area contributed by atoms with E-state index in [4.69, 9.17) is 11.6 Å². The average Bonchev–Trinajstić information content (AvgIpc) is 2.37. The fraction of sp³-hybridized carbons (Fsp3) is 0.533. The van der Waals surface area contributed by atoms with Gasteiger partial charge in [0.05, 0.1) is 5.38 Å². The summed E-state index contributed by atoms with van der Waals surface area (Å²) in [5.41, 5.74) is 1.90. The Kier molecular flexibility index (Phi) is 3.86. The maximum atomic E-state index is 14.2. The van der Waals surface area contributed by atoms with Gasteiger partial charge in [0.15, 0.2) is 0 Å². The van der Waals surface area contributed by atoms with Gasteiger partial charge in [-0.3, -0.25) is 4.79 Å². The third-order valence-corrected chi connectivity index (χ3v) is 4.81. The summed E-state index contributed by atoms with van der Waals surface area (Å²) in [5.74, 6) is -0.404. The largest absolute Gasteiger partial charge is 0.326 e. The molecule has 0 saturated heterocycles. The standard InChI is InChI=1S/C15H19ClFNO/c1-4-15(2,3)14(16)10-7-9-5-6-13(19)18-12(9)8-11(10)17/h7-8,14H,4-6H2,1-3H3,(H,18,19). The molecule has 1 aromatic rings. The van der Waals surface area contributed by atoms with Crippen molar-refractivity contribution in [1.29, 1.82) is 0 Å². The van der Waals surface area contributed by atoms with Gasteiger partial charge in [0.25, 0.3) is 0 Å². The van der Waals surface area contributed by atoms with Gasteiger partial charge in [-0.1, -0.05) is 20.8 Å². The minimum Gasteiger partial charge on any atom is -0.326 e. The number of anilines is 1. The highest BCUT2D eigenvalue weighted by molar-refractivity contribution is 6.21. The van der Waals surface area contributed by atoms with Gasteiger partial charge in [-0.15, -0.1) is 11.6 Å². The maximum Gasteiger partial charge on any atom is 0.224 e. The van der Waals surface area contributed by atoms with E-state index in [0.29, 0.717) is 24.1 Å². The number of alkyl halides is 1. The lowest BCUT2D eigenvalue weighted by Crippen LogP contribution is -2.22. The van der Waals surface area contributed by atoms with E-state index in [1.54, 1.807) is 6.07 Å². The number of aryl methyl sites for hydroxylation is 1. The number of hydrogen-bond acceptors (Lipinski definition) is 1. The lowest BCUT2D eigenvalue weighted by atomic mass is 9.82. The molecule has 1 amide bonds. The number of hydrogen-bond donors (Lipinski definition) is 1. The van der Waals surface area contributed by atoms with E-state index in [9.17, 15) is 9.18 Å². The second kappa shape index (κ2) is 5.12. The Labute approximate surface area is 118 Å². The van der Waals surface area contributed by atoms with Crippen molar-refractivity contribution in [2.24, 2.45) is 5.41 Å². The van der Waals surface area contributed by atoms with E-state index in [1.165, 1.54) is 6.07 Å². The Morgan fingerprint density at radius 2 is 2.11 bits per heavy atom. The number of fused-ring (bicyclic) bond motifs is 1. The predicted octanol–water partition coefficient (Wildman–Crippen LogP) is 4.43. The zero-order chi connectivity index (χ0) is 14.2. The molecule has 1 aliphatic heterocycles. The summed E-state index contributed by atoms with van der Waals surface area (Å²) >= 11 is 6.45. The lowest BCUT2D eigenvalue weighted by molar-refractivity contribution is -0.116. The van der Waals surface area contributed by atoms with Crippen molar-refractivity contribution in [3.05, 3.63) is 29.1 Å². The van der Waals surface area contributed by atoms with Crippen molar-refractivity contribution in [3.8, 4) is 0 Å². The van der Waals surface area contributed by atoms with Crippen LogP contribution in [0.5, 0.6) is 0 Å². The van der Waals surface area contributed by atoms with E-state index < -0.39 is 0 Å². The molecule has 0 bridgehead atoms. The van der Waals surface area contributed by atoms with Gasteiger partial charge in [0, 0.05) is 17.7 Å². The predicted molar refractivity (Wildman–Crippen MR) is 76.0 cm³/mol. The van der Waals surface area contributed by atoms with Gasteiger partial charge in [0.2, 0.25) is 5.91 Å². The van der Waals surface area contributed by atoms with E-state index in [-0.39, 0.29) is 22.5 Å². The third-order valence-electron chi connectivity index (χ3n) is 3.99. The van der Waals surface area contributed by atoms with E-state index in [1.807, 2.05) is 20.8 Å². The van der Waals surface area contributed by atoms with Crippen molar-refractivity contribution in [3.63, 3.8) is 0 Å². The molecular weight excluding hydrogens is 265 g/mol. The fourth-order valence-electron chi connectivity index (χ4n) is 2.22. The molecular formula is C15H19ClFNO. The number of nitrogens with one attached hydrogen (secondary N) is 1. The number of benzene rings is 1. The third kappa shape index (κ3) is 2.76. The topological polar surface area (TPSA) is 29.1 Å². The van der Waals surface area contributed by atoms with E-state index in [2.05, 4.69) is 5.32 Å². The molecule has 1 aromatic carbocycles. The van der Waals surface area contributed by atoms with Crippen LogP contribution in [0.3, 0.4) is 0 Å². The molecule has 0 radical (unpaired) electrons. The SMILES string of the molecule is CCC(C)(C)C(Cl)c1cc2c(cc1F)NC(=O)CC2. The zero-order valence-electron chi connectivity index (χ0n) is 11.5. The second-order valence-corrected chi connectivity index (χ2v) is 6.22. The number of carbonyl (C=O) groups excluding carboxylic acids is 1. The molecule has 0 spiro atoms. The van der Waals surface area contributed by atoms with Crippen molar-refractivity contribution in [2.45, 2.75) is 45.4 Å². The van der Waals surface area contributed by atoms with Gasteiger partial charge in [-0.05, 0) is 36.0 Å². The Morgan fingerprint density at radius 1 is 1.42 bits per heavy atom. The van der Waals surface area contributed by atoms with E-state index >= 15 is 0 Å². The minimum absolute atomic E-state index is 0.0593. The summed E-state index contributed by atoms with van der Waals surface area (Å²) < 4.78 is 14.2. The molecule has 0 fully saturated rings. The molecule has 1 aliphatic rings. The minimum atomic E-state index is -0.375. The Morgan fingerprint density at radius 3 is 2.74 bits per heavy atom. The molecule has 4 heteroatoms. The van der Waals surface area contributed by atoms with Crippen LogP contribution < -0.4 is 5.32 Å². The van der Waals surface area contributed by atoms with Gasteiger partial charge in [-0.25, -0.2) is 4.39 Å². The normalized spacial score (nSPS) is 16.8. The highest BCUT2D eigenvalue weighted by Crippen LogP contribution is 2.43.